The van der Waals surface area contributed by atoms with Crippen LogP contribution in [0.1, 0.15) is 106 Å². The van der Waals surface area contributed by atoms with Gasteiger partial charge in [0.05, 0.1) is 21.6 Å². The molecule has 3 fully saturated rings. The summed E-state index contributed by atoms with van der Waals surface area (Å²) in [5.74, 6) is 4.49. The quantitative estimate of drug-likeness (QED) is 0.175. The Kier molecular flexibility index (Phi) is 8.88. The lowest BCUT2D eigenvalue weighted by molar-refractivity contribution is -0.393. The largest absolute Gasteiger partial charge is 0.301 e. The van der Waals surface area contributed by atoms with Crippen LogP contribution >= 0.6 is 0 Å². The maximum absolute atomic E-state index is 11.5. The van der Waals surface area contributed by atoms with Crippen molar-refractivity contribution in [1.29, 1.82) is 0 Å². The molecule has 4 aliphatic carbocycles. The molecule has 0 saturated heterocycles. The maximum atomic E-state index is 11.5. The van der Waals surface area contributed by atoms with Crippen LogP contribution < -0.4 is 5.43 Å². The molecule has 0 heterocycles. The molecule has 8 heteroatoms. The number of fused-ring (bicyclic) bond motifs is 5. The van der Waals surface area contributed by atoms with Gasteiger partial charge in [0.25, 0.3) is 5.69 Å². The van der Waals surface area contributed by atoms with Crippen molar-refractivity contribution in [2.45, 2.75) is 106 Å². The third kappa shape index (κ3) is 5.78. The van der Waals surface area contributed by atoms with Gasteiger partial charge < -0.3 is 0 Å². The lowest BCUT2D eigenvalue weighted by atomic mass is 9.46. The number of hydrogen-bond donors (Lipinski definition) is 1. The van der Waals surface area contributed by atoms with Gasteiger partial charge in [0.2, 0.25) is 0 Å². The number of non-ortho nitro benzene ring substituents is 1. The molecule has 4 aliphatic rings. The number of rotatable bonds is 9. The molecular formula is C35H50N4O4. The van der Waals surface area contributed by atoms with Crippen molar-refractivity contribution < 1.29 is 9.85 Å². The lowest BCUT2D eigenvalue weighted by Gasteiger charge is -2.58. The van der Waals surface area contributed by atoms with Crippen LogP contribution in [-0.4, -0.2) is 15.6 Å². The van der Waals surface area contributed by atoms with Gasteiger partial charge in [-0.1, -0.05) is 58.8 Å². The number of nitro benzene ring substituents is 2. The third-order valence-electron chi connectivity index (χ3n) is 12.3. The van der Waals surface area contributed by atoms with E-state index in [2.05, 4.69) is 64.2 Å². The molecule has 0 unspecified atom stereocenters. The molecule has 234 valence electrons. The Morgan fingerprint density at radius 2 is 1.81 bits per heavy atom. The summed E-state index contributed by atoms with van der Waals surface area (Å²) < 4.78 is 0. The minimum Gasteiger partial charge on any atom is -0.271 e. The summed E-state index contributed by atoms with van der Waals surface area (Å²) in [7, 11) is 0. The zero-order valence-electron chi connectivity index (χ0n) is 26.9. The summed E-state index contributed by atoms with van der Waals surface area (Å²) in [6.07, 6.45) is 16.8. The number of anilines is 1. The Balaban J connectivity index is 1.30. The molecule has 43 heavy (non-hydrogen) atoms. The van der Waals surface area contributed by atoms with Crippen molar-refractivity contribution >= 4 is 22.8 Å². The van der Waals surface area contributed by atoms with Crippen LogP contribution in [0.3, 0.4) is 0 Å². The number of nitrogens with zero attached hydrogens (tertiary/aromatic N) is 3. The van der Waals surface area contributed by atoms with Crippen molar-refractivity contribution in [3.05, 3.63) is 61.7 Å². The van der Waals surface area contributed by atoms with Gasteiger partial charge in [-0.2, -0.15) is 5.10 Å². The molecule has 1 aromatic carbocycles. The summed E-state index contributed by atoms with van der Waals surface area (Å²) in [6, 6.07) is 3.61. The summed E-state index contributed by atoms with van der Waals surface area (Å²) in [5.41, 5.74) is 6.98. The standard InChI is InChI=1S/C35H50N4O4/c1-7-24(22(2)3)9-8-23(4)29-13-14-30-28-12-10-25-20-26(16-18-34(25,5)31(28)17-19-35(29,30)6)36-37-32-15-11-27(38(40)41)21-33(32)39(42)43/h9,11,15,20-23,28-31,37H,7-8,10,12-14,16-19H2,1-6H3/b24-9-,36-26-/t23-,28+,29-,30+,31+,34+,35-/m1/s1. The molecule has 0 amide bonds. The zero-order valence-corrected chi connectivity index (χ0v) is 26.9. The van der Waals surface area contributed by atoms with Gasteiger partial charge in [0.1, 0.15) is 5.69 Å². The SMILES string of the molecule is CC/C(=C/C[C@@H](C)[C@H]1CC[C@H]2[C@@H]3CCC4=C/C(=N\Nc5ccc([N+](=O)[O-])cc5[N+](=O)[O-])CC[C@]4(C)[C@H]3CC[C@]12C)C(C)C. The Labute approximate surface area is 256 Å². The fourth-order valence-electron chi connectivity index (χ4n) is 9.94. The molecule has 8 nitrogen and oxygen atoms in total. The fourth-order valence-corrected chi connectivity index (χ4v) is 9.94. The average molecular weight is 591 g/mol. The fraction of sp³-hybridized carbons (Fsp3) is 0.686. The van der Waals surface area contributed by atoms with Crippen LogP contribution in [0, 0.1) is 66.6 Å². The highest BCUT2D eigenvalue weighted by Crippen LogP contribution is 2.67. The number of allylic oxidation sites excluding steroid dienone is 4. The van der Waals surface area contributed by atoms with Crippen molar-refractivity contribution in [1.82, 2.24) is 0 Å². The maximum Gasteiger partial charge on any atom is 0.301 e. The van der Waals surface area contributed by atoms with Gasteiger partial charge in [-0.3, -0.25) is 25.7 Å². The van der Waals surface area contributed by atoms with Crippen LogP contribution in [0.25, 0.3) is 0 Å². The minimum absolute atomic E-state index is 0.167. The van der Waals surface area contributed by atoms with E-state index in [9.17, 15) is 20.2 Å². The van der Waals surface area contributed by atoms with E-state index < -0.39 is 9.85 Å². The molecular weight excluding hydrogens is 540 g/mol. The Bertz CT molecular complexity index is 1350. The monoisotopic (exact) mass is 590 g/mol. The molecule has 0 radical (unpaired) electrons. The topological polar surface area (TPSA) is 111 Å². The molecule has 1 N–H and O–H groups in total. The first-order valence-corrected chi connectivity index (χ1v) is 16.5. The van der Waals surface area contributed by atoms with E-state index in [1.165, 1.54) is 56.2 Å². The van der Waals surface area contributed by atoms with E-state index in [1.54, 1.807) is 5.57 Å². The highest BCUT2D eigenvalue weighted by molar-refractivity contribution is 5.97. The van der Waals surface area contributed by atoms with Gasteiger partial charge in [-0.05, 0) is 123 Å². The van der Waals surface area contributed by atoms with Crippen molar-refractivity contribution in [2.24, 2.45) is 51.4 Å². The smallest absolute Gasteiger partial charge is 0.271 e. The van der Waals surface area contributed by atoms with Gasteiger partial charge in [0.15, 0.2) is 0 Å². The number of benzene rings is 1. The van der Waals surface area contributed by atoms with E-state index in [-0.39, 0.29) is 22.5 Å². The van der Waals surface area contributed by atoms with Gasteiger partial charge in [-0.25, -0.2) is 0 Å². The Hall–Kier alpha value is -3.03. The second-order valence-corrected chi connectivity index (χ2v) is 14.7. The molecule has 7 atom stereocenters. The molecule has 0 aliphatic heterocycles. The van der Waals surface area contributed by atoms with E-state index in [0.717, 1.165) is 61.1 Å². The van der Waals surface area contributed by atoms with Crippen LogP contribution in [0.4, 0.5) is 17.1 Å². The first-order valence-electron chi connectivity index (χ1n) is 16.5. The van der Waals surface area contributed by atoms with E-state index in [0.29, 0.717) is 17.3 Å². The molecule has 3 saturated carbocycles. The number of hydrazone groups is 1. The van der Waals surface area contributed by atoms with Crippen LogP contribution in [0.2, 0.25) is 0 Å². The van der Waals surface area contributed by atoms with E-state index in [1.807, 2.05) is 0 Å². The van der Waals surface area contributed by atoms with Gasteiger partial charge in [-0.15, -0.1) is 0 Å². The number of nitro groups is 2. The molecule has 0 bridgehead atoms. The summed E-state index contributed by atoms with van der Waals surface area (Å²) >= 11 is 0. The second kappa shape index (κ2) is 12.2. The normalized spacial score (nSPS) is 33.8. The van der Waals surface area contributed by atoms with Crippen molar-refractivity contribution in [2.75, 3.05) is 5.43 Å². The summed E-state index contributed by atoms with van der Waals surface area (Å²) in [5, 5.41) is 27.2. The van der Waals surface area contributed by atoms with Crippen LogP contribution in [0.5, 0.6) is 0 Å². The average Bonchev–Trinajstić information content (AvgIpc) is 3.33. The van der Waals surface area contributed by atoms with E-state index in [4.69, 9.17) is 0 Å². The third-order valence-corrected chi connectivity index (χ3v) is 12.3. The Morgan fingerprint density at radius 1 is 1.05 bits per heavy atom. The first-order chi connectivity index (χ1) is 20.4. The molecule has 5 rings (SSSR count). The predicted molar refractivity (Wildman–Crippen MR) is 173 cm³/mol. The first kappa shape index (κ1) is 31.4. The number of hydrogen-bond acceptors (Lipinski definition) is 6. The highest BCUT2D eigenvalue weighted by Gasteiger charge is 2.59. The Morgan fingerprint density at radius 3 is 2.49 bits per heavy atom. The summed E-state index contributed by atoms with van der Waals surface area (Å²) in [4.78, 5) is 21.4. The van der Waals surface area contributed by atoms with E-state index >= 15 is 0 Å². The zero-order chi connectivity index (χ0) is 31.1. The van der Waals surface area contributed by atoms with Gasteiger partial charge in [0, 0.05) is 6.07 Å². The van der Waals surface area contributed by atoms with Crippen LogP contribution in [0.15, 0.2) is 46.6 Å². The summed E-state index contributed by atoms with van der Waals surface area (Å²) in [6.45, 7) is 14.6. The number of nitrogens with one attached hydrogen (secondary N) is 1. The molecule has 0 aromatic heterocycles. The van der Waals surface area contributed by atoms with Crippen molar-refractivity contribution in [3.8, 4) is 0 Å². The lowest BCUT2D eigenvalue weighted by Crippen LogP contribution is -2.51. The van der Waals surface area contributed by atoms with Gasteiger partial charge >= 0.3 is 5.69 Å². The van der Waals surface area contributed by atoms with Crippen molar-refractivity contribution in [3.63, 3.8) is 0 Å². The minimum atomic E-state index is -0.626. The molecule has 1 aromatic rings. The highest BCUT2D eigenvalue weighted by atomic mass is 16.6. The second-order valence-electron chi connectivity index (χ2n) is 14.7. The molecule has 0 spiro atoms. The predicted octanol–water partition coefficient (Wildman–Crippen LogP) is 9.87. The van der Waals surface area contributed by atoms with Crippen LogP contribution in [-0.2, 0) is 0 Å².